The van der Waals surface area contributed by atoms with Gasteiger partial charge in [-0.15, -0.1) is 12.4 Å². The summed E-state index contributed by atoms with van der Waals surface area (Å²) in [5, 5.41) is 0.681. The minimum Gasteiger partial charge on any atom is -0.370 e. The topological polar surface area (TPSA) is 55.6 Å². The summed E-state index contributed by atoms with van der Waals surface area (Å²) in [6.45, 7) is 1.66. The van der Waals surface area contributed by atoms with Gasteiger partial charge in [0.25, 0.3) is 0 Å². The maximum Gasteiger partial charge on any atom is 0.242 e. The number of hydrogen-bond acceptors (Lipinski definition) is 3. The number of amides is 1. The second kappa shape index (κ2) is 7.18. The molecule has 2 N–H and O–H groups in total. The highest BCUT2D eigenvalue weighted by atomic mass is 35.5. The van der Waals surface area contributed by atoms with Crippen LogP contribution in [-0.2, 0) is 9.53 Å². The Bertz CT molecular complexity index is 533. The first kappa shape index (κ1) is 17.5. The predicted octanol–water partition coefficient (Wildman–Crippen LogP) is 2.93. The predicted molar refractivity (Wildman–Crippen MR) is 89.4 cm³/mol. The normalized spacial score (nSPS) is 23.9. The van der Waals surface area contributed by atoms with E-state index in [1.54, 1.807) is 0 Å². The number of carbonyl (C=O) groups excluding carboxylic acids is 1. The van der Waals surface area contributed by atoms with Crippen molar-refractivity contribution in [1.29, 1.82) is 0 Å². The van der Waals surface area contributed by atoms with Gasteiger partial charge in [0, 0.05) is 17.1 Å². The molecule has 3 rings (SSSR count). The monoisotopic (exact) mass is 344 g/mol. The lowest BCUT2D eigenvalue weighted by Gasteiger charge is -2.37. The van der Waals surface area contributed by atoms with Gasteiger partial charge >= 0.3 is 0 Å². The first-order valence-electron chi connectivity index (χ1n) is 7.54. The number of ether oxygens (including phenoxy) is 1. The molecule has 1 aromatic rings. The molecule has 2 fully saturated rings. The van der Waals surface area contributed by atoms with E-state index in [0.29, 0.717) is 24.7 Å². The molecule has 0 aromatic heterocycles. The van der Waals surface area contributed by atoms with Crippen molar-refractivity contribution in [3.63, 3.8) is 0 Å². The molecule has 1 aromatic carbocycles. The molecular formula is C16H22Cl2N2O2. The maximum absolute atomic E-state index is 12.7. The Morgan fingerprint density at radius 1 is 1.32 bits per heavy atom. The van der Waals surface area contributed by atoms with Gasteiger partial charge in [0.2, 0.25) is 5.91 Å². The quantitative estimate of drug-likeness (QED) is 0.897. The van der Waals surface area contributed by atoms with Crippen molar-refractivity contribution in [2.45, 2.75) is 37.3 Å². The molecule has 1 atom stereocenters. The van der Waals surface area contributed by atoms with Crippen LogP contribution in [0.3, 0.4) is 0 Å². The van der Waals surface area contributed by atoms with Gasteiger partial charge in [-0.2, -0.15) is 0 Å². The van der Waals surface area contributed by atoms with E-state index in [9.17, 15) is 4.79 Å². The Morgan fingerprint density at radius 2 is 2.00 bits per heavy atom. The van der Waals surface area contributed by atoms with Crippen molar-refractivity contribution in [1.82, 2.24) is 4.90 Å². The van der Waals surface area contributed by atoms with Gasteiger partial charge in [-0.3, -0.25) is 4.79 Å². The van der Waals surface area contributed by atoms with E-state index in [1.165, 1.54) is 0 Å². The van der Waals surface area contributed by atoms with E-state index < -0.39 is 5.54 Å². The van der Waals surface area contributed by atoms with Crippen molar-refractivity contribution in [2.75, 3.05) is 19.7 Å². The van der Waals surface area contributed by atoms with Crippen LogP contribution < -0.4 is 5.73 Å². The third-order valence-corrected chi connectivity index (χ3v) is 4.87. The molecule has 22 heavy (non-hydrogen) atoms. The minimum absolute atomic E-state index is 0. The van der Waals surface area contributed by atoms with Crippen molar-refractivity contribution >= 4 is 29.9 Å². The second-order valence-electron chi connectivity index (χ2n) is 6.00. The number of morpholine rings is 1. The third kappa shape index (κ3) is 3.40. The number of halogens is 2. The van der Waals surface area contributed by atoms with E-state index in [0.717, 1.165) is 31.2 Å². The van der Waals surface area contributed by atoms with Gasteiger partial charge in [0.1, 0.15) is 6.10 Å². The molecule has 1 saturated heterocycles. The van der Waals surface area contributed by atoms with Gasteiger partial charge in [0.15, 0.2) is 0 Å². The smallest absolute Gasteiger partial charge is 0.242 e. The SMILES string of the molecule is Cl.NC1(C(=O)N2CCOC(c3ccccc3Cl)C2)CCCC1. The van der Waals surface area contributed by atoms with Crippen LogP contribution in [0.15, 0.2) is 24.3 Å². The summed E-state index contributed by atoms with van der Waals surface area (Å²) < 4.78 is 5.80. The number of nitrogens with zero attached hydrogens (tertiary/aromatic N) is 1. The van der Waals surface area contributed by atoms with E-state index >= 15 is 0 Å². The zero-order chi connectivity index (χ0) is 14.9. The van der Waals surface area contributed by atoms with Crippen molar-refractivity contribution < 1.29 is 9.53 Å². The summed E-state index contributed by atoms with van der Waals surface area (Å²) in [4.78, 5) is 14.5. The summed E-state index contributed by atoms with van der Waals surface area (Å²) in [5.41, 5.74) is 6.56. The average molecular weight is 345 g/mol. The number of rotatable bonds is 2. The molecule has 4 nitrogen and oxygen atoms in total. The summed E-state index contributed by atoms with van der Waals surface area (Å²) in [6.07, 6.45) is 3.50. The largest absolute Gasteiger partial charge is 0.370 e. The molecule has 1 saturated carbocycles. The van der Waals surface area contributed by atoms with Crippen LogP contribution in [0, 0.1) is 0 Å². The Morgan fingerprint density at radius 3 is 2.68 bits per heavy atom. The van der Waals surface area contributed by atoms with Crippen LogP contribution in [0.1, 0.15) is 37.4 Å². The Labute approximate surface area is 142 Å². The van der Waals surface area contributed by atoms with E-state index in [1.807, 2.05) is 29.2 Å². The van der Waals surface area contributed by atoms with Gasteiger partial charge in [-0.05, 0) is 18.9 Å². The summed E-state index contributed by atoms with van der Waals surface area (Å²) in [6, 6.07) is 7.63. The van der Waals surface area contributed by atoms with Crippen LogP contribution in [-0.4, -0.2) is 36.0 Å². The van der Waals surface area contributed by atoms with Gasteiger partial charge < -0.3 is 15.4 Å². The Kier molecular flexibility index (Phi) is 5.72. The summed E-state index contributed by atoms with van der Waals surface area (Å²) in [7, 11) is 0. The average Bonchev–Trinajstić information content (AvgIpc) is 2.95. The lowest BCUT2D eigenvalue weighted by molar-refractivity contribution is -0.144. The zero-order valence-electron chi connectivity index (χ0n) is 12.5. The van der Waals surface area contributed by atoms with Crippen molar-refractivity contribution in [2.24, 2.45) is 5.73 Å². The maximum atomic E-state index is 12.7. The molecule has 2 aliphatic rings. The van der Waals surface area contributed by atoms with E-state index in [2.05, 4.69) is 0 Å². The molecule has 6 heteroatoms. The standard InChI is InChI=1S/C16H21ClN2O2.ClH/c17-13-6-2-1-5-12(13)14-11-19(9-10-21-14)15(20)16(18)7-3-4-8-16;/h1-2,5-6,14H,3-4,7-11,18H2;1H. The molecule has 1 aliphatic heterocycles. The zero-order valence-corrected chi connectivity index (χ0v) is 14.0. The van der Waals surface area contributed by atoms with Crippen LogP contribution in [0.2, 0.25) is 5.02 Å². The number of hydrogen-bond donors (Lipinski definition) is 1. The molecular weight excluding hydrogens is 323 g/mol. The Balaban J connectivity index is 0.00000176. The first-order valence-corrected chi connectivity index (χ1v) is 7.92. The number of benzene rings is 1. The minimum atomic E-state index is -0.664. The first-order chi connectivity index (χ1) is 10.1. The molecule has 0 spiro atoms. The fourth-order valence-electron chi connectivity index (χ4n) is 3.29. The van der Waals surface area contributed by atoms with Crippen LogP contribution in [0.25, 0.3) is 0 Å². The number of nitrogens with two attached hydrogens (primary N) is 1. The second-order valence-corrected chi connectivity index (χ2v) is 6.40. The van der Waals surface area contributed by atoms with Crippen LogP contribution in [0.5, 0.6) is 0 Å². The van der Waals surface area contributed by atoms with Crippen molar-refractivity contribution in [3.05, 3.63) is 34.9 Å². The van der Waals surface area contributed by atoms with E-state index in [4.69, 9.17) is 22.1 Å². The van der Waals surface area contributed by atoms with Gasteiger partial charge in [-0.1, -0.05) is 42.6 Å². The fraction of sp³-hybridized carbons (Fsp3) is 0.562. The van der Waals surface area contributed by atoms with Gasteiger partial charge in [-0.25, -0.2) is 0 Å². The molecule has 1 heterocycles. The van der Waals surface area contributed by atoms with Crippen molar-refractivity contribution in [3.8, 4) is 0 Å². The fourth-order valence-corrected chi connectivity index (χ4v) is 3.55. The van der Waals surface area contributed by atoms with E-state index in [-0.39, 0.29) is 24.4 Å². The highest BCUT2D eigenvalue weighted by Crippen LogP contribution is 2.32. The molecule has 1 amide bonds. The highest BCUT2D eigenvalue weighted by Gasteiger charge is 2.41. The van der Waals surface area contributed by atoms with Crippen LogP contribution >= 0.6 is 24.0 Å². The lowest BCUT2D eigenvalue weighted by Crippen LogP contribution is -2.56. The number of carbonyl (C=O) groups is 1. The molecule has 1 unspecified atom stereocenters. The summed E-state index contributed by atoms with van der Waals surface area (Å²) in [5.74, 6) is 0.0698. The molecule has 1 aliphatic carbocycles. The van der Waals surface area contributed by atoms with Crippen LogP contribution in [0.4, 0.5) is 0 Å². The summed E-state index contributed by atoms with van der Waals surface area (Å²) >= 11 is 6.23. The van der Waals surface area contributed by atoms with Gasteiger partial charge in [0.05, 0.1) is 18.7 Å². The lowest BCUT2D eigenvalue weighted by atomic mass is 9.96. The highest BCUT2D eigenvalue weighted by molar-refractivity contribution is 6.31. The molecule has 0 bridgehead atoms. The third-order valence-electron chi connectivity index (χ3n) is 4.53. The molecule has 122 valence electrons. The molecule has 0 radical (unpaired) electrons. The Hall–Kier alpha value is -0.810.